The van der Waals surface area contributed by atoms with Crippen molar-refractivity contribution < 1.29 is 4.79 Å². The Balaban J connectivity index is 1.61. The molecule has 0 radical (unpaired) electrons. The van der Waals surface area contributed by atoms with E-state index in [2.05, 4.69) is 26.9 Å². The highest BCUT2D eigenvalue weighted by Crippen LogP contribution is 2.24. The fourth-order valence-electron chi connectivity index (χ4n) is 3.06. The van der Waals surface area contributed by atoms with Gasteiger partial charge in [-0.25, -0.2) is 0 Å². The third-order valence-electron chi connectivity index (χ3n) is 4.45. The lowest BCUT2D eigenvalue weighted by atomic mass is 10.2. The summed E-state index contributed by atoms with van der Waals surface area (Å²) in [6.45, 7) is 0. The predicted octanol–water partition coefficient (Wildman–Crippen LogP) is 3.42. The van der Waals surface area contributed by atoms with E-state index in [1.54, 1.807) is 34.8 Å². The molecule has 0 saturated carbocycles. The summed E-state index contributed by atoms with van der Waals surface area (Å²) in [5.74, 6) is 1.47. The van der Waals surface area contributed by atoms with Crippen LogP contribution in [0.5, 0.6) is 0 Å². The molecule has 0 bridgehead atoms. The number of rotatable bonds is 7. The number of thiophene rings is 1. The smallest absolute Gasteiger partial charge is 0.270 e. The van der Waals surface area contributed by atoms with Crippen LogP contribution < -0.4 is 5.32 Å². The predicted molar refractivity (Wildman–Crippen MR) is 113 cm³/mol. The van der Waals surface area contributed by atoms with Crippen LogP contribution >= 0.6 is 23.1 Å². The van der Waals surface area contributed by atoms with Crippen molar-refractivity contribution in [3.05, 3.63) is 59.5 Å². The Labute approximate surface area is 170 Å². The molecule has 1 N–H and O–H groups in total. The number of aromatic nitrogens is 5. The fourth-order valence-corrected chi connectivity index (χ4v) is 4.21. The van der Waals surface area contributed by atoms with Gasteiger partial charge in [-0.15, -0.1) is 21.5 Å². The molecule has 7 nitrogen and oxygen atoms in total. The van der Waals surface area contributed by atoms with Crippen LogP contribution in [0.25, 0.3) is 16.2 Å². The Morgan fingerprint density at radius 3 is 2.96 bits per heavy atom. The van der Waals surface area contributed by atoms with Gasteiger partial charge in [0.2, 0.25) is 0 Å². The van der Waals surface area contributed by atoms with Crippen molar-refractivity contribution in [2.45, 2.75) is 12.5 Å². The second-order valence-corrected chi connectivity index (χ2v) is 8.24. The Morgan fingerprint density at radius 1 is 1.29 bits per heavy atom. The van der Waals surface area contributed by atoms with Crippen molar-refractivity contribution in [2.24, 2.45) is 7.05 Å². The van der Waals surface area contributed by atoms with Crippen molar-refractivity contribution in [1.29, 1.82) is 0 Å². The molecule has 1 atom stereocenters. The minimum absolute atomic E-state index is 0.170. The molecule has 0 fully saturated rings. The number of pyridine rings is 1. The van der Waals surface area contributed by atoms with E-state index < -0.39 is 0 Å². The van der Waals surface area contributed by atoms with Gasteiger partial charge in [0.15, 0.2) is 11.5 Å². The number of hydrogen-bond acceptors (Lipinski definition) is 6. The summed E-state index contributed by atoms with van der Waals surface area (Å²) >= 11 is 3.34. The van der Waals surface area contributed by atoms with Gasteiger partial charge in [-0.3, -0.25) is 13.9 Å². The molecule has 0 saturated heterocycles. The van der Waals surface area contributed by atoms with Gasteiger partial charge in [0.05, 0.1) is 10.9 Å². The summed E-state index contributed by atoms with van der Waals surface area (Å²) in [5.41, 5.74) is 2.09. The zero-order chi connectivity index (χ0) is 19.5. The summed E-state index contributed by atoms with van der Waals surface area (Å²) in [7, 11) is 1.79. The topological polar surface area (TPSA) is 77.1 Å². The van der Waals surface area contributed by atoms with Gasteiger partial charge in [-0.2, -0.15) is 16.9 Å². The van der Waals surface area contributed by atoms with E-state index in [0.29, 0.717) is 5.69 Å². The summed E-state index contributed by atoms with van der Waals surface area (Å²) < 4.78 is 3.55. The molecule has 1 amide bonds. The first kappa shape index (κ1) is 18.7. The Bertz CT molecular complexity index is 1090. The molecule has 0 spiro atoms. The number of nitrogens with zero attached hydrogens (tertiary/aromatic N) is 5. The van der Waals surface area contributed by atoms with Crippen LogP contribution in [-0.4, -0.2) is 42.3 Å². The van der Waals surface area contributed by atoms with E-state index >= 15 is 0 Å². The lowest BCUT2D eigenvalue weighted by Crippen LogP contribution is -2.31. The third kappa shape index (κ3) is 3.67. The molecule has 9 heteroatoms. The van der Waals surface area contributed by atoms with Crippen molar-refractivity contribution in [2.75, 3.05) is 12.0 Å². The van der Waals surface area contributed by atoms with E-state index in [1.165, 1.54) is 0 Å². The lowest BCUT2D eigenvalue weighted by Gasteiger charge is -2.17. The van der Waals surface area contributed by atoms with E-state index in [0.717, 1.165) is 34.2 Å². The molecule has 4 aromatic heterocycles. The maximum Gasteiger partial charge on any atom is 0.270 e. The molecule has 1 unspecified atom stereocenters. The van der Waals surface area contributed by atoms with E-state index in [9.17, 15) is 4.79 Å². The van der Waals surface area contributed by atoms with Gasteiger partial charge in [-0.05, 0) is 48.1 Å². The van der Waals surface area contributed by atoms with Gasteiger partial charge in [-0.1, -0.05) is 12.1 Å². The van der Waals surface area contributed by atoms with Crippen LogP contribution in [0.1, 0.15) is 28.8 Å². The van der Waals surface area contributed by atoms with E-state index in [-0.39, 0.29) is 11.9 Å². The average Bonchev–Trinajstić information content (AvgIpc) is 3.44. The number of carbonyl (C=O) groups is 1. The van der Waals surface area contributed by atoms with Gasteiger partial charge in [0.1, 0.15) is 11.4 Å². The molecular formula is C19H20N6OS2. The fraction of sp³-hybridized carbons (Fsp3) is 0.263. The van der Waals surface area contributed by atoms with Crippen molar-refractivity contribution in [3.63, 3.8) is 0 Å². The monoisotopic (exact) mass is 412 g/mol. The molecular weight excluding hydrogens is 392 g/mol. The Morgan fingerprint density at radius 2 is 2.18 bits per heavy atom. The van der Waals surface area contributed by atoms with Crippen LogP contribution in [0.2, 0.25) is 0 Å². The third-order valence-corrected chi connectivity index (χ3v) is 5.99. The molecule has 0 aliphatic carbocycles. The number of amides is 1. The van der Waals surface area contributed by atoms with E-state index in [1.807, 2.05) is 52.4 Å². The maximum atomic E-state index is 13.0. The molecule has 4 heterocycles. The second kappa shape index (κ2) is 8.15. The minimum atomic E-state index is -0.238. The standard InChI is InChI=1S/C19H20N6OS2/c1-24-15(12-14(23-24)16-6-5-10-28-16)19(26)20-13(8-11-27-2)18-22-21-17-7-3-4-9-25(17)18/h3-7,9-10,12-13H,8,11H2,1-2H3,(H,20,26). The van der Waals surface area contributed by atoms with Gasteiger partial charge in [0.25, 0.3) is 5.91 Å². The number of nitrogens with one attached hydrogen (secondary N) is 1. The second-order valence-electron chi connectivity index (χ2n) is 6.31. The van der Waals surface area contributed by atoms with Crippen LogP contribution in [0, 0.1) is 0 Å². The SMILES string of the molecule is CSCCC(NC(=O)c1cc(-c2cccs2)nn1C)c1nnc2ccccn12. The Kier molecular flexibility index (Phi) is 5.45. The quantitative estimate of drug-likeness (QED) is 0.503. The van der Waals surface area contributed by atoms with Crippen LogP contribution in [0.3, 0.4) is 0 Å². The number of hydrogen-bond donors (Lipinski definition) is 1. The molecule has 144 valence electrons. The number of carbonyl (C=O) groups excluding carboxylic acids is 1. The average molecular weight is 413 g/mol. The first-order valence-corrected chi connectivity index (χ1v) is 11.1. The van der Waals surface area contributed by atoms with Crippen molar-refractivity contribution in [3.8, 4) is 10.6 Å². The molecule has 0 aliphatic heterocycles. The molecule has 4 aromatic rings. The zero-order valence-electron chi connectivity index (χ0n) is 15.6. The minimum Gasteiger partial charge on any atom is -0.341 e. The lowest BCUT2D eigenvalue weighted by molar-refractivity contribution is 0.0924. The maximum absolute atomic E-state index is 13.0. The van der Waals surface area contributed by atoms with Crippen LogP contribution in [0.15, 0.2) is 48.0 Å². The largest absolute Gasteiger partial charge is 0.341 e. The van der Waals surface area contributed by atoms with Crippen LogP contribution in [0.4, 0.5) is 0 Å². The highest BCUT2D eigenvalue weighted by atomic mass is 32.2. The Hall–Kier alpha value is -2.65. The van der Waals surface area contributed by atoms with E-state index in [4.69, 9.17) is 0 Å². The number of thioether (sulfide) groups is 1. The summed E-state index contributed by atoms with van der Waals surface area (Å²) in [6.07, 6.45) is 4.73. The van der Waals surface area contributed by atoms with Crippen molar-refractivity contribution in [1.82, 2.24) is 29.7 Å². The van der Waals surface area contributed by atoms with Gasteiger partial charge < -0.3 is 5.32 Å². The number of fused-ring (bicyclic) bond motifs is 1. The van der Waals surface area contributed by atoms with Gasteiger partial charge in [0, 0.05) is 13.2 Å². The van der Waals surface area contributed by atoms with Gasteiger partial charge >= 0.3 is 0 Å². The highest BCUT2D eigenvalue weighted by molar-refractivity contribution is 7.98. The first-order chi connectivity index (χ1) is 13.7. The number of aryl methyl sites for hydroxylation is 1. The molecule has 4 rings (SSSR count). The van der Waals surface area contributed by atoms with Crippen molar-refractivity contribution >= 4 is 34.7 Å². The summed E-state index contributed by atoms with van der Waals surface area (Å²) in [5, 5.41) is 18.2. The van der Waals surface area contributed by atoms with Crippen LogP contribution in [-0.2, 0) is 7.05 Å². The summed E-state index contributed by atoms with van der Waals surface area (Å²) in [4.78, 5) is 14.1. The molecule has 0 aliphatic rings. The first-order valence-electron chi connectivity index (χ1n) is 8.84. The molecule has 0 aromatic carbocycles. The normalized spacial score (nSPS) is 12.4. The zero-order valence-corrected chi connectivity index (χ0v) is 17.2. The molecule has 28 heavy (non-hydrogen) atoms. The summed E-state index contributed by atoms with van der Waals surface area (Å²) in [6, 6.07) is 11.3. The highest BCUT2D eigenvalue weighted by Gasteiger charge is 2.23.